The second-order valence-corrected chi connectivity index (χ2v) is 4.32. The fourth-order valence-electron chi connectivity index (χ4n) is 1.84. The van der Waals surface area contributed by atoms with Gasteiger partial charge in [0.15, 0.2) is 5.82 Å². The van der Waals surface area contributed by atoms with Gasteiger partial charge in [-0.05, 0) is 41.6 Å². The monoisotopic (exact) mass is 277 g/mol. The number of nitrogens with zero attached hydrogens (tertiary/aromatic N) is 4. The molecular formula is C13H19N5O2. The Morgan fingerprint density at radius 1 is 1.25 bits per heavy atom. The number of benzene rings is 1. The van der Waals surface area contributed by atoms with E-state index in [0.717, 1.165) is 23.8 Å². The van der Waals surface area contributed by atoms with Crippen molar-refractivity contribution < 1.29 is 9.47 Å². The highest BCUT2D eigenvalue weighted by molar-refractivity contribution is 5.37. The topological polar surface area (TPSA) is 74.1 Å². The molecule has 0 aliphatic rings. The highest BCUT2D eigenvalue weighted by Gasteiger charge is 2.15. The van der Waals surface area contributed by atoms with Gasteiger partial charge < -0.3 is 14.8 Å². The summed E-state index contributed by atoms with van der Waals surface area (Å²) in [5, 5.41) is 15.2. The number of rotatable bonds is 7. The molecule has 0 radical (unpaired) electrons. The normalized spacial score (nSPS) is 12.3. The Balaban J connectivity index is 2.14. The summed E-state index contributed by atoms with van der Waals surface area (Å²) in [5.41, 5.74) is 0.895. The van der Waals surface area contributed by atoms with Gasteiger partial charge >= 0.3 is 0 Å². The molecule has 7 heteroatoms. The van der Waals surface area contributed by atoms with Gasteiger partial charge in [-0.15, -0.1) is 5.10 Å². The van der Waals surface area contributed by atoms with Crippen LogP contribution in [0.25, 0.3) is 5.69 Å². The summed E-state index contributed by atoms with van der Waals surface area (Å²) in [6.07, 6.45) is 0. The maximum Gasteiger partial charge on any atom is 0.173 e. The lowest BCUT2D eigenvalue weighted by Gasteiger charge is -2.13. The minimum absolute atomic E-state index is 0.0299. The van der Waals surface area contributed by atoms with Gasteiger partial charge in [-0.3, -0.25) is 0 Å². The van der Waals surface area contributed by atoms with Gasteiger partial charge in [-0.2, -0.15) is 4.68 Å². The van der Waals surface area contributed by atoms with Gasteiger partial charge in [0.2, 0.25) is 0 Å². The molecule has 0 saturated carbocycles. The van der Waals surface area contributed by atoms with Gasteiger partial charge in [0.05, 0.1) is 25.4 Å². The van der Waals surface area contributed by atoms with Crippen molar-refractivity contribution in [3.05, 3.63) is 30.1 Å². The van der Waals surface area contributed by atoms with Crippen LogP contribution in [0, 0.1) is 0 Å². The van der Waals surface area contributed by atoms with Gasteiger partial charge in [0.25, 0.3) is 0 Å². The van der Waals surface area contributed by atoms with Crippen molar-refractivity contribution in [3.8, 4) is 11.4 Å². The van der Waals surface area contributed by atoms with Crippen molar-refractivity contribution in [3.63, 3.8) is 0 Å². The Hall–Kier alpha value is -1.99. The Morgan fingerprint density at radius 3 is 2.65 bits per heavy atom. The third-order valence-corrected chi connectivity index (χ3v) is 2.95. The number of hydrogen-bond acceptors (Lipinski definition) is 6. The van der Waals surface area contributed by atoms with E-state index >= 15 is 0 Å². The molecule has 20 heavy (non-hydrogen) atoms. The lowest BCUT2D eigenvalue weighted by atomic mass is 10.2. The molecule has 1 heterocycles. The largest absolute Gasteiger partial charge is 0.497 e. The first-order chi connectivity index (χ1) is 9.76. The van der Waals surface area contributed by atoms with Crippen LogP contribution in [0.2, 0.25) is 0 Å². The van der Waals surface area contributed by atoms with Crippen LogP contribution >= 0.6 is 0 Å². The number of aromatic nitrogens is 4. The van der Waals surface area contributed by atoms with Crippen molar-refractivity contribution in [1.82, 2.24) is 25.5 Å². The molecule has 7 nitrogen and oxygen atoms in total. The van der Waals surface area contributed by atoms with E-state index in [0.29, 0.717) is 6.61 Å². The molecule has 0 bridgehead atoms. The molecular weight excluding hydrogens is 258 g/mol. The third kappa shape index (κ3) is 3.31. The van der Waals surface area contributed by atoms with Crippen LogP contribution in [-0.4, -0.2) is 47.6 Å². The predicted octanol–water partition coefficient (Wildman–Crippen LogP) is 0.968. The SMILES string of the molecule is COCCNC(C)c1nnnn1-c1ccc(OC)cc1. The molecule has 0 spiro atoms. The lowest BCUT2D eigenvalue weighted by Crippen LogP contribution is -2.25. The van der Waals surface area contributed by atoms with Crippen LogP contribution in [0.15, 0.2) is 24.3 Å². The first-order valence-corrected chi connectivity index (χ1v) is 6.41. The van der Waals surface area contributed by atoms with Crippen LogP contribution in [0.5, 0.6) is 5.75 Å². The number of ether oxygens (including phenoxy) is 2. The molecule has 0 aliphatic carbocycles. The molecule has 0 amide bonds. The Labute approximate surface area is 117 Å². The van der Waals surface area contributed by atoms with Gasteiger partial charge in [0, 0.05) is 13.7 Å². The Bertz CT molecular complexity index is 526. The van der Waals surface area contributed by atoms with Gasteiger partial charge in [-0.25, -0.2) is 0 Å². The van der Waals surface area contributed by atoms with E-state index in [1.165, 1.54) is 0 Å². The average molecular weight is 277 g/mol. The smallest absolute Gasteiger partial charge is 0.173 e. The van der Waals surface area contributed by atoms with E-state index in [4.69, 9.17) is 9.47 Å². The summed E-state index contributed by atoms with van der Waals surface area (Å²) in [5.74, 6) is 1.56. The summed E-state index contributed by atoms with van der Waals surface area (Å²) >= 11 is 0. The molecule has 1 atom stereocenters. The van der Waals surface area contributed by atoms with E-state index in [-0.39, 0.29) is 6.04 Å². The molecule has 0 saturated heterocycles. The van der Waals surface area contributed by atoms with Crippen LogP contribution in [0.3, 0.4) is 0 Å². The lowest BCUT2D eigenvalue weighted by molar-refractivity contribution is 0.196. The van der Waals surface area contributed by atoms with Gasteiger partial charge in [-0.1, -0.05) is 0 Å². The summed E-state index contributed by atoms with van der Waals surface area (Å²) < 4.78 is 11.9. The maximum atomic E-state index is 5.14. The maximum absolute atomic E-state index is 5.14. The van der Waals surface area contributed by atoms with Crippen molar-refractivity contribution in [2.45, 2.75) is 13.0 Å². The fourth-order valence-corrected chi connectivity index (χ4v) is 1.84. The van der Waals surface area contributed by atoms with Gasteiger partial charge in [0.1, 0.15) is 5.75 Å². The summed E-state index contributed by atoms with van der Waals surface area (Å²) in [6, 6.07) is 7.62. The molecule has 2 aromatic rings. The first kappa shape index (κ1) is 14.4. The van der Waals surface area contributed by atoms with E-state index in [1.807, 2.05) is 31.2 Å². The molecule has 1 unspecified atom stereocenters. The van der Waals surface area contributed by atoms with Crippen LogP contribution in [0.1, 0.15) is 18.8 Å². The zero-order valence-corrected chi connectivity index (χ0v) is 11.9. The van der Waals surface area contributed by atoms with E-state index in [1.54, 1.807) is 18.9 Å². The Kier molecular flexibility index (Phi) is 5.03. The van der Waals surface area contributed by atoms with E-state index in [2.05, 4.69) is 20.8 Å². The molecule has 0 fully saturated rings. The van der Waals surface area contributed by atoms with Crippen LogP contribution in [0.4, 0.5) is 0 Å². The van der Waals surface area contributed by atoms with Crippen molar-refractivity contribution in [1.29, 1.82) is 0 Å². The minimum Gasteiger partial charge on any atom is -0.497 e. The Morgan fingerprint density at radius 2 is 2.00 bits per heavy atom. The summed E-state index contributed by atoms with van der Waals surface area (Å²) in [7, 11) is 3.31. The van der Waals surface area contributed by atoms with Crippen LogP contribution < -0.4 is 10.1 Å². The van der Waals surface area contributed by atoms with Crippen molar-refractivity contribution >= 4 is 0 Å². The number of hydrogen-bond donors (Lipinski definition) is 1. The molecule has 1 aromatic carbocycles. The van der Waals surface area contributed by atoms with Crippen LogP contribution in [-0.2, 0) is 4.74 Å². The predicted molar refractivity (Wildman–Crippen MR) is 74.0 cm³/mol. The first-order valence-electron chi connectivity index (χ1n) is 6.41. The van der Waals surface area contributed by atoms with E-state index in [9.17, 15) is 0 Å². The van der Waals surface area contributed by atoms with Crippen molar-refractivity contribution in [2.75, 3.05) is 27.4 Å². The number of methoxy groups -OCH3 is 2. The summed E-state index contributed by atoms with van der Waals surface area (Å²) in [4.78, 5) is 0. The second kappa shape index (κ2) is 6.97. The molecule has 2 rings (SSSR count). The molecule has 1 aromatic heterocycles. The zero-order chi connectivity index (χ0) is 14.4. The standard InChI is InChI=1S/C13H19N5O2/c1-10(14-8-9-19-2)13-15-16-17-18(13)11-4-6-12(20-3)7-5-11/h4-7,10,14H,8-9H2,1-3H3. The average Bonchev–Trinajstić information content (AvgIpc) is 2.97. The van der Waals surface area contributed by atoms with E-state index < -0.39 is 0 Å². The molecule has 108 valence electrons. The number of nitrogens with one attached hydrogen (secondary N) is 1. The fraction of sp³-hybridized carbons (Fsp3) is 0.462. The quantitative estimate of drug-likeness (QED) is 0.760. The third-order valence-electron chi connectivity index (χ3n) is 2.95. The minimum atomic E-state index is 0.0299. The zero-order valence-electron chi connectivity index (χ0n) is 11.9. The summed E-state index contributed by atoms with van der Waals surface area (Å²) in [6.45, 7) is 3.41. The molecule has 1 N–H and O–H groups in total. The highest BCUT2D eigenvalue weighted by Crippen LogP contribution is 2.17. The number of tetrazole rings is 1. The molecule has 0 aliphatic heterocycles. The highest BCUT2D eigenvalue weighted by atomic mass is 16.5. The second-order valence-electron chi connectivity index (χ2n) is 4.32. The van der Waals surface area contributed by atoms with Crippen molar-refractivity contribution in [2.24, 2.45) is 0 Å².